The minimum absolute atomic E-state index is 0.0133. The summed E-state index contributed by atoms with van der Waals surface area (Å²) in [6, 6.07) is 16.5. The van der Waals surface area contributed by atoms with Gasteiger partial charge in [-0.1, -0.05) is 60.1 Å². The number of hydrogen-bond acceptors (Lipinski definition) is 4. The van der Waals surface area contributed by atoms with E-state index in [-0.39, 0.29) is 24.8 Å². The van der Waals surface area contributed by atoms with Gasteiger partial charge in [0.25, 0.3) is 0 Å². The number of rotatable bonds is 4. The lowest BCUT2D eigenvalue weighted by Gasteiger charge is -2.20. The van der Waals surface area contributed by atoms with Crippen LogP contribution in [0.15, 0.2) is 59.6 Å². The molecule has 2 heterocycles. The van der Waals surface area contributed by atoms with E-state index in [2.05, 4.69) is 4.99 Å². The van der Waals surface area contributed by atoms with Crippen molar-refractivity contribution in [2.24, 2.45) is 4.99 Å². The van der Waals surface area contributed by atoms with Crippen molar-refractivity contribution in [3.8, 4) is 0 Å². The molecule has 0 saturated carbocycles. The number of aliphatic imine (C=N–C) groups is 1. The van der Waals surface area contributed by atoms with Gasteiger partial charge >= 0.3 is 0 Å². The van der Waals surface area contributed by atoms with Gasteiger partial charge in [0.05, 0.1) is 12.3 Å². The third-order valence-corrected chi connectivity index (χ3v) is 6.61. The summed E-state index contributed by atoms with van der Waals surface area (Å²) in [5, 5.41) is 1.34. The zero-order chi connectivity index (χ0) is 20.5. The third kappa shape index (κ3) is 3.63. The molecular formula is C23H19ClN2O2S. The maximum absolute atomic E-state index is 13.0. The fourth-order valence-electron chi connectivity index (χ4n) is 3.39. The fraction of sp³-hybridized carbons (Fsp3) is 0.174. The van der Waals surface area contributed by atoms with Crippen molar-refractivity contribution in [2.45, 2.75) is 13.8 Å². The molecule has 2 aromatic carbocycles. The van der Waals surface area contributed by atoms with E-state index >= 15 is 0 Å². The van der Waals surface area contributed by atoms with Gasteiger partial charge in [-0.05, 0) is 25.5 Å². The average molecular weight is 423 g/mol. The standard InChI is InChI=1S/C23H19ClN2O2S/c1-14-15(2)29-23-21(14)22(17-10-6-7-11-18(17)24)25-12-20(28)26(23)13-19(27)16-8-4-3-5-9-16/h3-11H,12-13H2,1-2H3. The van der Waals surface area contributed by atoms with Crippen molar-refractivity contribution in [1.82, 2.24) is 0 Å². The molecule has 0 spiro atoms. The molecule has 29 heavy (non-hydrogen) atoms. The first kappa shape index (κ1) is 19.6. The van der Waals surface area contributed by atoms with Crippen LogP contribution in [0.1, 0.15) is 31.9 Å². The molecule has 0 bridgehead atoms. The number of anilines is 1. The van der Waals surface area contributed by atoms with Crippen LogP contribution in [0.4, 0.5) is 5.00 Å². The zero-order valence-electron chi connectivity index (χ0n) is 16.1. The Morgan fingerprint density at radius 3 is 2.52 bits per heavy atom. The van der Waals surface area contributed by atoms with Gasteiger partial charge in [-0.25, -0.2) is 0 Å². The highest BCUT2D eigenvalue weighted by Gasteiger charge is 2.31. The zero-order valence-corrected chi connectivity index (χ0v) is 17.7. The molecule has 1 aromatic heterocycles. The summed E-state index contributed by atoms with van der Waals surface area (Å²) < 4.78 is 0. The first-order valence-electron chi connectivity index (χ1n) is 9.25. The molecule has 0 unspecified atom stereocenters. The molecule has 0 N–H and O–H groups in total. The minimum Gasteiger partial charge on any atom is -0.294 e. The summed E-state index contributed by atoms with van der Waals surface area (Å²) in [7, 11) is 0. The van der Waals surface area contributed by atoms with Gasteiger partial charge in [-0.2, -0.15) is 0 Å². The summed E-state index contributed by atoms with van der Waals surface area (Å²) >= 11 is 7.96. The van der Waals surface area contributed by atoms with E-state index in [0.29, 0.717) is 16.3 Å². The highest BCUT2D eigenvalue weighted by molar-refractivity contribution is 7.17. The number of carbonyl (C=O) groups excluding carboxylic acids is 2. The second-order valence-electron chi connectivity index (χ2n) is 6.88. The molecule has 0 saturated heterocycles. The van der Waals surface area contributed by atoms with Gasteiger partial charge in [-0.3, -0.25) is 19.5 Å². The molecule has 1 amide bonds. The number of halogens is 1. The molecule has 0 atom stereocenters. The Morgan fingerprint density at radius 1 is 1.10 bits per heavy atom. The summed E-state index contributed by atoms with van der Waals surface area (Å²) in [5.74, 6) is -0.298. The Balaban J connectivity index is 1.81. The van der Waals surface area contributed by atoms with E-state index in [1.807, 2.05) is 56.3 Å². The lowest BCUT2D eigenvalue weighted by molar-refractivity contribution is -0.117. The van der Waals surface area contributed by atoms with Gasteiger partial charge in [0.2, 0.25) is 5.91 Å². The summed E-state index contributed by atoms with van der Waals surface area (Å²) in [4.78, 5) is 33.1. The van der Waals surface area contributed by atoms with E-state index in [0.717, 1.165) is 26.6 Å². The van der Waals surface area contributed by atoms with Crippen LogP contribution in [0.5, 0.6) is 0 Å². The van der Waals surface area contributed by atoms with Crippen molar-refractivity contribution < 1.29 is 9.59 Å². The van der Waals surface area contributed by atoms with Gasteiger partial charge in [0, 0.05) is 26.6 Å². The SMILES string of the molecule is Cc1sc2c(c1C)C(c1ccccc1Cl)=NCC(=O)N2CC(=O)c1ccccc1. The molecule has 0 radical (unpaired) electrons. The number of carbonyl (C=O) groups is 2. The van der Waals surface area contributed by atoms with Crippen molar-refractivity contribution in [2.75, 3.05) is 18.0 Å². The maximum atomic E-state index is 13.0. The average Bonchev–Trinajstić information content (AvgIpc) is 2.94. The molecule has 146 valence electrons. The number of nitrogens with zero attached hydrogens (tertiary/aromatic N) is 2. The Hall–Kier alpha value is -2.76. The number of amides is 1. The number of ketones is 1. The quantitative estimate of drug-likeness (QED) is 0.550. The molecule has 1 aliphatic rings. The molecule has 4 rings (SSSR count). The van der Waals surface area contributed by atoms with Gasteiger partial charge in [0.15, 0.2) is 5.78 Å². The topological polar surface area (TPSA) is 49.7 Å². The van der Waals surface area contributed by atoms with Crippen LogP contribution < -0.4 is 4.90 Å². The van der Waals surface area contributed by atoms with E-state index in [1.54, 1.807) is 17.0 Å². The van der Waals surface area contributed by atoms with E-state index < -0.39 is 0 Å². The Labute approximate surface area is 178 Å². The van der Waals surface area contributed by atoms with Crippen molar-refractivity contribution in [3.63, 3.8) is 0 Å². The molecule has 1 aliphatic heterocycles. The first-order chi connectivity index (χ1) is 14.0. The minimum atomic E-state index is -0.196. The Kier molecular flexibility index (Phi) is 5.35. The predicted molar refractivity (Wildman–Crippen MR) is 119 cm³/mol. The number of fused-ring (bicyclic) bond motifs is 1. The van der Waals surface area contributed by atoms with Crippen molar-refractivity contribution in [3.05, 3.63) is 86.8 Å². The number of hydrogen-bond donors (Lipinski definition) is 0. The number of thiophene rings is 1. The van der Waals surface area contributed by atoms with E-state index in [1.165, 1.54) is 11.3 Å². The largest absolute Gasteiger partial charge is 0.294 e. The Bertz CT molecular complexity index is 1140. The lowest BCUT2D eigenvalue weighted by atomic mass is 9.99. The second-order valence-corrected chi connectivity index (χ2v) is 8.49. The van der Waals surface area contributed by atoms with Gasteiger partial charge in [-0.15, -0.1) is 11.3 Å². The van der Waals surface area contributed by atoms with E-state index in [9.17, 15) is 9.59 Å². The molecule has 4 nitrogen and oxygen atoms in total. The number of aryl methyl sites for hydroxylation is 1. The summed E-state index contributed by atoms with van der Waals surface area (Å²) in [5.41, 5.74) is 4.02. The fourth-order valence-corrected chi connectivity index (χ4v) is 4.79. The molecule has 0 fully saturated rings. The van der Waals surface area contributed by atoms with Crippen LogP contribution in [-0.2, 0) is 4.79 Å². The van der Waals surface area contributed by atoms with Crippen LogP contribution in [0, 0.1) is 13.8 Å². The predicted octanol–water partition coefficient (Wildman–Crippen LogP) is 5.09. The Morgan fingerprint density at radius 2 is 1.79 bits per heavy atom. The van der Waals surface area contributed by atoms with Crippen LogP contribution in [0.25, 0.3) is 0 Å². The summed E-state index contributed by atoms with van der Waals surface area (Å²) in [6.07, 6.45) is 0. The highest BCUT2D eigenvalue weighted by atomic mass is 35.5. The molecular weight excluding hydrogens is 404 g/mol. The van der Waals surface area contributed by atoms with Crippen molar-refractivity contribution >= 4 is 45.3 Å². The molecule has 0 aliphatic carbocycles. The van der Waals surface area contributed by atoms with Crippen molar-refractivity contribution in [1.29, 1.82) is 0 Å². The van der Waals surface area contributed by atoms with Crippen LogP contribution >= 0.6 is 22.9 Å². The number of benzene rings is 2. The highest BCUT2D eigenvalue weighted by Crippen LogP contribution is 2.39. The summed E-state index contributed by atoms with van der Waals surface area (Å²) in [6.45, 7) is 3.99. The molecule has 6 heteroatoms. The lowest BCUT2D eigenvalue weighted by Crippen LogP contribution is -2.36. The van der Waals surface area contributed by atoms with Gasteiger partial charge in [0.1, 0.15) is 11.5 Å². The number of Topliss-reactive ketones (excluding diaryl/α,β-unsaturated/α-hetero) is 1. The van der Waals surface area contributed by atoms with Crippen LogP contribution in [-0.4, -0.2) is 30.5 Å². The monoisotopic (exact) mass is 422 g/mol. The van der Waals surface area contributed by atoms with Crippen LogP contribution in [0.3, 0.4) is 0 Å². The first-order valence-corrected chi connectivity index (χ1v) is 10.4. The second kappa shape index (κ2) is 7.93. The normalized spacial score (nSPS) is 13.7. The smallest absolute Gasteiger partial charge is 0.249 e. The maximum Gasteiger partial charge on any atom is 0.249 e. The van der Waals surface area contributed by atoms with Gasteiger partial charge < -0.3 is 0 Å². The van der Waals surface area contributed by atoms with E-state index in [4.69, 9.17) is 11.6 Å². The molecule has 3 aromatic rings. The third-order valence-electron chi connectivity index (χ3n) is 5.05. The van der Waals surface area contributed by atoms with Crippen LogP contribution in [0.2, 0.25) is 5.02 Å².